The molecule has 0 rings (SSSR count). The van der Waals surface area contributed by atoms with Crippen LogP contribution < -0.4 is 0 Å². The number of hydrogen-bond acceptors (Lipinski definition) is 6. The third-order valence-electron chi connectivity index (χ3n) is 12.6. The zero-order valence-corrected chi connectivity index (χ0v) is 49.0. The Balaban J connectivity index is 4.44. The third kappa shape index (κ3) is 60.2. The summed E-state index contributed by atoms with van der Waals surface area (Å²) in [6, 6.07) is 0. The zero-order chi connectivity index (χ0) is 55.0. The minimum Gasteiger partial charge on any atom is -0.462 e. The van der Waals surface area contributed by atoms with Crippen molar-refractivity contribution in [3.05, 3.63) is 146 Å². The number of esters is 3. The van der Waals surface area contributed by atoms with E-state index in [2.05, 4.69) is 167 Å². The van der Waals surface area contributed by atoms with Crippen molar-refractivity contribution < 1.29 is 28.6 Å². The summed E-state index contributed by atoms with van der Waals surface area (Å²) in [4.78, 5) is 38.2. The smallest absolute Gasteiger partial charge is 0.306 e. The summed E-state index contributed by atoms with van der Waals surface area (Å²) >= 11 is 0. The number of unbranched alkanes of at least 4 members (excludes halogenated alkanes) is 19. The third-order valence-corrected chi connectivity index (χ3v) is 12.6. The van der Waals surface area contributed by atoms with E-state index in [0.29, 0.717) is 12.8 Å². The maximum atomic E-state index is 12.9. The summed E-state index contributed by atoms with van der Waals surface area (Å²) in [5.74, 6) is -0.956. The average Bonchev–Trinajstić information content (AvgIpc) is 3.42. The molecule has 0 aliphatic carbocycles. The van der Waals surface area contributed by atoms with Gasteiger partial charge in [-0.05, 0) is 122 Å². The fourth-order valence-electron chi connectivity index (χ4n) is 8.04. The maximum absolute atomic E-state index is 12.9. The Hall–Kier alpha value is -4.71. The highest BCUT2D eigenvalue weighted by Gasteiger charge is 2.19. The van der Waals surface area contributed by atoms with E-state index in [1.807, 2.05) is 0 Å². The van der Waals surface area contributed by atoms with E-state index >= 15 is 0 Å². The van der Waals surface area contributed by atoms with Gasteiger partial charge in [-0.3, -0.25) is 14.4 Å². The molecule has 0 aromatic rings. The van der Waals surface area contributed by atoms with Gasteiger partial charge in [0.1, 0.15) is 13.2 Å². The minimum absolute atomic E-state index is 0.101. The van der Waals surface area contributed by atoms with Gasteiger partial charge in [-0.2, -0.15) is 0 Å². The first-order valence-electron chi connectivity index (χ1n) is 30.8. The molecule has 0 amide bonds. The summed E-state index contributed by atoms with van der Waals surface area (Å²) in [6.45, 7) is 6.36. The van der Waals surface area contributed by atoms with E-state index in [0.717, 1.165) is 161 Å². The molecule has 0 aliphatic heterocycles. The molecule has 1 unspecified atom stereocenters. The van der Waals surface area contributed by atoms with Gasteiger partial charge in [-0.1, -0.05) is 263 Å². The predicted octanol–water partition coefficient (Wildman–Crippen LogP) is 21.2. The van der Waals surface area contributed by atoms with Crippen LogP contribution in [0.3, 0.4) is 0 Å². The van der Waals surface area contributed by atoms with Crippen LogP contribution in [0.5, 0.6) is 0 Å². The fraction of sp³-hybridized carbons (Fsp3) is 0.614. The van der Waals surface area contributed by atoms with Crippen molar-refractivity contribution in [2.45, 2.75) is 264 Å². The van der Waals surface area contributed by atoms with E-state index in [4.69, 9.17) is 14.2 Å². The molecule has 0 saturated heterocycles. The Bertz CT molecular complexity index is 1680. The predicted molar refractivity (Wildman–Crippen MR) is 329 cm³/mol. The van der Waals surface area contributed by atoms with Crippen molar-refractivity contribution >= 4 is 17.9 Å². The fourth-order valence-corrected chi connectivity index (χ4v) is 8.04. The molecular weight excluding hydrogens is 937 g/mol. The molecule has 1 atom stereocenters. The molecule has 0 fully saturated rings. The van der Waals surface area contributed by atoms with Crippen molar-refractivity contribution in [1.82, 2.24) is 0 Å². The Morgan fingerprint density at radius 3 is 0.816 bits per heavy atom. The first-order chi connectivity index (χ1) is 37.5. The largest absolute Gasteiger partial charge is 0.462 e. The van der Waals surface area contributed by atoms with Gasteiger partial charge in [-0.15, -0.1) is 0 Å². The molecule has 0 spiro atoms. The number of carbonyl (C=O) groups is 3. The van der Waals surface area contributed by atoms with E-state index < -0.39 is 6.10 Å². The first kappa shape index (κ1) is 71.3. The Morgan fingerprint density at radius 2 is 0.513 bits per heavy atom. The van der Waals surface area contributed by atoms with Crippen LogP contribution in [-0.4, -0.2) is 37.2 Å². The van der Waals surface area contributed by atoms with Crippen molar-refractivity contribution in [1.29, 1.82) is 0 Å². The lowest BCUT2D eigenvalue weighted by molar-refractivity contribution is -0.167. The molecule has 0 heterocycles. The monoisotopic (exact) mass is 1050 g/mol. The molecule has 0 saturated carbocycles. The van der Waals surface area contributed by atoms with Crippen LogP contribution in [0.25, 0.3) is 0 Å². The number of allylic oxidation sites excluding steroid dienone is 24. The lowest BCUT2D eigenvalue weighted by Gasteiger charge is -2.18. The standard InChI is InChI=1S/C70H112O6/c1-4-7-10-13-16-19-22-25-27-29-31-32-33-34-35-36-37-38-40-41-43-45-48-51-54-57-60-63-69(72)75-66-67(65-74-68(71)62-59-56-53-50-47-24-21-18-15-12-9-6-3)76-70(73)64-61-58-55-52-49-46-44-42-39-30-28-26-23-20-17-14-11-8-5-2/h7-8,10-11,16-17,19-20,25-28,31-32,34-35,37-39,41-43,46,49,67H,4-6,9,12-15,18,21-24,29-30,33,36,40,44-45,47-48,50-66H2,1-3H3/b10-7-,11-8-,19-16-,20-17-,27-25-,28-26-,32-31-,35-34-,38-37-,42-39-,43-41-,49-46-. The quantitative estimate of drug-likeness (QED) is 0.0261. The highest BCUT2D eigenvalue weighted by molar-refractivity contribution is 5.71. The summed E-state index contributed by atoms with van der Waals surface area (Å²) < 4.78 is 16.8. The van der Waals surface area contributed by atoms with Gasteiger partial charge in [0.05, 0.1) is 0 Å². The molecule has 0 aromatic heterocycles. The zero-order valence-electron chi connectivity index (χ0n) is 49.0. The van der Waals surface area contributed by atoms with Crippen molar-refractivity contribution in [2.24, 2.45) is 0 Å². The Morgan fingerprint density at radius 1 is 0.276 bits per heavy atom. The number of ether oxygens (including phenoxy) is 3. The molecule has 0 aromatic carbocycles. The Kier molecular flexibility index (Phi) is 58.9. The van der Waals surface area contributed by atoms with Crippen molar-refractivity contribution in [2.75, 3.05) is 13.2 Å². The van der Waals surface area contributed by atoms with Crippen molar-refractivity contribution in [3.63, 3.8) is 0 Å². The van der Waals surface area contributed by atoms with Crippen LogP contribution >= 0.6 is 0 Å². The molecule has 0 bridgehead atoms. The van der Waals surface area contributed by atoms with E-state index in [9.17, 15) is 14.4 Å². The second-order valence-corrected chi connectivity index (χ2v) is 19.9. The van der Waals surface area contributed by atoms with Crippen molar-refractivity contribution in [3.8, 4) is 0 Å². The molecular formula is C70H112O6. The van der Waals surface area contributed by atoms with Crippen LogP contribution in [0.2, 0.25) is 0 Å². The second-order valence-electron chi connectivity index (χ2n) is 19.9. The van der Waals surface area contributed by atoms with Crippen LogP contribution in [0.4, 0.5) is 0 Å². The molecule has 0 N–H and O–H groups in total. The van der Waals surface area contributed by atoms with Crippen LogP contribution in [0.15, 0.2) is 146 Å². The van der Waals surface area contributed by atoms with Crippen LogP contribution in [0.1, 0.15) is 258 Å². The highest BCUT2D eigenvalue weighted by atomic mass is 16.6. The first-order valence-corrected chi connectivity index (χ1v) is 30.8. The van der Waals surface area contributed by atoms with E-state index in [-0.39, 0.29) is 37.5 Å². The Labute approximate surface area is 467 Å². The van der Waals surface area contributed by atoms with Crippen LogP contribution in [0, 0.1) is 0 Å². The lowest BCUT2D eigenvalue weighted by Crippen LogP contribution is -2.30. The molecule has 0 aliphatic rings. The van der Waals surface area contributed by atoms with E-state index in [1.54, 1.807) is 0 Å². The molecule has 428 valence electrons. The SMILES string of the molecule is CC/C=C\C/C=C\C/C=C\C/C=C\C/C=C\C/C=C\C/C=C\CCCCCCCC(=O)OCC(COC(=O)CCCCCCCCCCCCCC)OC(=O)CCCCC/C=C\C/C=C\C/C=C\C/C=C\C/C=C\CC. The van der Waals surface area contributed by atoms with E-state index in [1.165, 1.54) is 57.8 Å². The van der Waals surface area contributed by atoms with Gasteiger partial charge in [-0.25, -0.2) is 0 Å². The summed E-state index contributed by atoms with van der Waals surface area (Å²) in [5.41, 5.74) is 0. The van der Waals surface area contributed by atoms with Gasteiger partial charge in [0, 0.05) is 19.3 Å². The van der Waals surface area contributed by atoms with Gasteiger partial charge in [0.25, 0.3) is 0 Å². The summed E-state index contributed by atoms with van der Waals surface area (Å²) in [5, 5.41) is 0. The van der Waals surface area contributed by atoms with Crippen LogP contribution in [-0.2, 0) is 28.6 Å². The highest BCUT2D eigenvalue weighted by Crippen LogP contribution is 2.14. The minimum atomic E-state index is -0.809. The van der Waals surface area contributed by atoms with Gasteiger partial charge in [0.2, 0.25) is 0 Å². The lowest BCUT2D eigenvalue weighted by atomic mass is 10.0. The number of rotatable bonds is 54. The normalized spacial score (nSPS) is 13.1. The summed E-state index contributed by atoms with van der Waals surface area (Å²) in [7, 11) is 0. The van der Waals surface area contributed by atoms with Gasteiger partial charge < -0.3 is 14.2 Å². The van der Waals surface area contributed by atoms with Gasteiger partial charge in [0.15, 0.2) is 6.10 Å². The average molecular weight is 1050 g/mol. The maximum Gasteiger partial charge on any atom is 0.306 e. The number of carbonyl (C=O) groups excluding carboxylic acids is 3. The second kappa shape index (κ2) is 62.8. The molecule has 0 radical (unpaired) electrons. The summed E-state index contributed by atoms with van der Waals surface area (Å²) in [6.07, 6.45) is 89.8. The number of hydrogen-bond donors (Lipinski definition) is 0. The topological polar surface area (TPSA) is 78.9 Å². The molecule has 6 nitrogen and oxygen atoms in total. The molecule has 76 heavy (non-hydrogen) atoms. The van der Waals surface area contributed by atoms with Gasteiger partial charge >= 0.3 is 17.9 Å². The molecule has 6 heteroatoms.